The predicted octanol–water partition coefficient (Wildman–Crippen LogP) is 3.48. The zero-order valence-corrected chi connectivity index (χ0v) is 12.6. The zero-order valence-electron chi connectivity index (χ0n) is 11.1. The Morgan fingerprint density at radius 1 is 1.40 bits per heavy atom. The Morgan fingerprint density at radius 3 is 2.85 bits per heavy atom. The molecule has 0 atom stereocenters. The first-order valence-corrected chi connectivity index (χ1v) is 7.82. The summed E-state index contributed by atoms with van der Waals surface area (Å²) < 4.78 is 5.18. The van der Waals surface area contributed by atoms with Crippen molar-refractivity contribution in [2.24, 2.45) is 0 Å². The topological polar surface area (TPSA) is 55.1 Å². The number of hydrogen-bond donors (Lipinski definition) is 1. The number of carbonyl (C=O) groups excluding carboxylic acids is 1. The van der Waals surface area contributed by atoms with Crippen LogP contribution in [0.5, 0.6) is 0 Å². The van der Waals surface area contributed by atoms with Crippen molar-refractivity contribution in [3.8, 4) is 11.3 Å². The molecule has 4 nitrogen and oxygen atoms in total. The lowest BCUT2D eigenvalue weighted by Gasteiger charge is -2.00. The van der Waals surface area contributed by atoms with Crippen molar-refractivity contribution in [1.82, 2.24) is 10.5 Å². The summed E-state index contributed by atoms with van der Waals surface area (Å²) in [5.74, 6) is 2.27. The number of halogens is 1. The molecule has 20 heavy (non-hydrogen) atoms. The van der Waals surface area contributed by atoms with E-state index in [9.17, 15) is 4.79 Å². The van der Waals surface area contributed by atoms with Crippen molar-refractivity contribution in [2.75, 3.05) is 18.1 Å². The first kappa shape index (κ1) is 14.9. The van der Waals surface area contributed by atoms with Gasteiger partial charge in [-0.25, -0.2) is 0 Å². The smallest absolute Gasteiger partial charge is 0.273 e. The molecule has 0 aliphatic heterocycles. The van der Waals surface area contributed by atoms with Crippen LogP contribution in [0, 0.1) is 0 Å². The van der Waals surface area contributed by atoms with Crippen LogP contribution in [-0.4, -0.2) is 29.1 Å². The second kappa shape index (κ2) is 7.36. The van der Waals surface area contributed by atoms with Crippen molar-refractivity contribution in [1.29, 1.82) is 0 Å². The lowest BCUT2D eigenvalue weighted by molar-refractivity contribution is 0.0947. The van der Waals surface area contributed by atoms with E-state index in [-0.39, 0.29) is 11.6 Å². The molecule has 0 saturated heterocycles. The van der Waals surface area contributed by atoms with E-state index in [1.54, 1.807) is 30.0 Å². The highest BCUT2D eigenvalue weighted by atomic mass is 35.5. The number of benzene rings is 1. The molecule has 6 heteroatoms. The number of nitrogens with one attached hydrogen (secondary N) is 1. The van der Waals surface area contributed by atoms with Crippen LogP contribution >= 0.6 is 23.4 Å². The monoisotopic (exact) mass is 310 g/mol. The normalized spacial score (nSPS) is 10.5. The van der Waals surface area contributed by atoms with Crippen molar-refractivity contribution in [3.05, 3.63) is 41.0 Å². The minimum Gasteiger partial charge on any atom is -0.355 e. The summed E-state index contributed by atoms with van der Waals surface area (Å²) in [6.45, 7) is 2.71. The van der Waals surface area contributed by atoms with Crippen molar-refractivity contribution in [2.45, 2.75) is 6.92 Å². The quantitative estimate of drug-likeness (QED) is 0.830. The molecule has 0 aliphatic carbocycles. The molecule has 106 valence electrons. The van der Waals surface area contributed by atoms with Crippen LogP contribution in [0.4, 0.5) is 0 Å². The highest BCUT2D eigenvalue weighted by molar-refractivity contribution is 7.99. The average molecular weight is 311 g/mol. The van der Waals surface area contributed by atoms with E-state index in [1.807, 2.05) is 12.1 Å². The maximum Gasteiger partial charge on any atom is 0.273 e. The fourth-order valence-corrected chi connectivity index (χ4v) is 2.27. The van der Waals surface area contributed by atoms with Crippen LogP contribution < -0.4 is 5.32 Å². The third kappa shape index (κ3) is 4.02. The number of nitrogens with zero attached hydrogens (tertiary/aromatic N) is 1. The fourth-order valence-electron chi connectivity index (χ4n) is 1.60. The Kier molecular flexibility index (Phi) is 5.49. The van der Waals surface area contributed by atoms with Gasteiger partial charge in [0.15, 0.2) is 11.5 Å². The molecule has 1 heterocycles. The van der Waals surface area contributed by atoms with Crippen LogP contribution in [0.15, 0.2) is 34.9 Å². The number of amides is 1. The molecule has 0 unspecified atom stereocenters. The molecule has 2 rings (SSSR count). The first-order chi connectivity index (χ1) is 9.70. The van der Waals surface area contributed by atoms with Crippen molar-refractivity contribution >= 4 is 29.3 Å². The molecule has 0 aliphatic rings. The van der Waals surface area contributed by atoms with Crippen LogP contribution in [0.3, 0.4) is 0 Å². The lowest BCUT2D eigenvalue weighted by atomic mass is 10.1. The summed E-state index contributed by atoms with van der Waals surface area (Å²) in [7, 11) is 0. The summed E-state index contributed by atoms with van der Waals surface area (Å²) in [5, 5.41) is 7.24. The van der Waals surface area contributed by atoms with E-state index in [2.05, 4.69) is 17.4 Å². The fraction of sp³-hybridized carbons (Fsp3) is 0.286. The van der Waals surface area contributed by atoms with Gasteiger partial charge in [-0.05, 0) is 30.0 Å². The van der Waals surface area contributed by atoms with Gasteiger partial charge in [-0.1, -0.05) is 23.7 Å². The largest absolute Gasteiger partial charge is 0.355 e. The number of thioether (sulfide) groups is 1. The summed E-state index contributed by atoms with van der Waals surface area (Å²) >= 11 is 7.60. The molecular weight excluding hydrogens is 296 g/mol. The first-order valence-electron chi connectivity index (χ1n) is 6.29. The van der Waals surface area contributed by atoms with Gasteiger partial charge in [0.05, 0.1) is 0 Å². The summed E-state index contributed by atoms with van der Waals surface area (Å²) in [6.07, 6.45) is 0. The zero-order chi connectivity index (χ0) is 14.4. The Morgan fingerprint density at radius 2 is 2.15 bits per heavy atom. The number of carbonyl (C=O) groups is 1. The number of hydrogen-bond acceptors (Lipinski definition) is 4. The maximum atomic E-state index is 11.8. The molecule has 0 fully saturated rings. The molecule has 1 aromatic carbocycles. The molecule has 1 aromatic heterocycles. The van der Waals surface area contributed by atoms with Crippen LogP contribution in [0.2, 0.25) is 5.02 Å². The summed E-state index contributed by atoms with van der Waals surface area (Å²) in [5.41, 5.74) is 1.12. The highest BCUT2D eigenvalue weighted by Crippen LogP contribution is 2.22. The van der Waals surface area contributed by atoms with Gasteiger partial charge in [0.1, 0.15) is 0 Å². The Hall–Kier alpha value is -1.46. The molecule has 0 spiro atoms. The van der Waals surface area contributed by atoms with Gasteiger partial charge in [0, 0.05) is 29.0 Å². The lowest BCUT2D eigenvalue weighted by Crippen LogP contribution is -2.25. The van der Waals surface area contributed by atoms with Crippen LogP contribution in [-0.2, 0) is 0 Å². The average Bonchev–Trinajstić information content (AvgIpc) is 2.94. The molecule has 2 aromatic rings. The number of aromatic nitrogens is 1. The molecular formula is C14H15ClN2O2S. The van der Waals surface area contributed by atoms with Crippen LogP contribution in [0.25, 0.3) is 11.3 Å². The van der Waals surface area contributed by atoms with E-state index in [1.165, 1.54) is 0 Å². The third-order valence-corrected chi connectivity index (χ3v) is 3.76. The summed E-state index contributed by atoms with van der Waals surface area (Å²) in [4.78, 5) is 11.8. The van der Waals surface area contributed by atoms with Gasteiger partial charge < -0.3 is 9.84 Å². The van der Waals surface area contributed by atoms with Gasteiger partial charge in [0.2, 0.25) is 0 Å². The minimum atomic E-state index is -0.217. The second-order valence-electron chi connectivity index (χ2n) is 4.04. The van der Waals surface area contributed by atoms with Crippen molar-refractivity contribution in [3.63, 3.8) is 0 Å². The Bertz CT molecular complexity index is 569. The molecule has 1 N–H and O–H groups in total. The van der Waals surface area contributed by atoms with Crippen LogP contribution in [0.1, 0.15) is 17.4 Å². The molecule has 0 bridgehead atoms. The van der Waals surface area contributed by atoms with E-state index in [0.29, 0.717) is 17.3 Å². The van der Waals surface area contributed by atoms with Gasteiger partial charge >= 0.3 is 0 Å². The highest BCUT2D eigenvalue weighted by Gasteiger charge is 2.13. The predicted molar refractivity (Wildman–Crippen MR) is 82.3 cm³/mol. The second-order valence-corrected chi connectivity index (χ2v) is 5.87. The Balaban J connectivity index is 1.98. The standard InChI is InChI=1S/C14H15ClN2O2S/c1-2-20-8-7-16-14(18)12-9-13(19-17-12)10-3-5-11(15)6-4-10/h3-6,9H,2,7-8H2,1H3,(H,16,18). The van der Waals surface area contributed by atoms with Gasteiger partial charge in [-0.15, -0.1) is 0 Å². The van der Waals surface area contributed by atoms with E-state index in [0.717, 1.165) is 17.1 Å². The summed E-state index contributed by atoms with van der Waals surface area (Å²) in [6, 6.07) is 8.80. The molecule has 0 saturated carbocycles. The third-order valence-electron chi connectivity index (χ3n) is 2.61. The Labute approximate surface area is 126 Å². The van der Waals surface area contributed by atoms with Gasteiger partial charge in [-0.2, -0.15) is 11.8 Å². The van der Waals surface area contributed by atoms with E-state index in [4.69, 9.17) is 16.1 Å². The molecule has 1 amide bonds. The van der Waals surface area contributed by atoms with E-state index >= 15 is 0 Å². The number of rotatable bonds is 6. The SMILES string of the molecule is CCSCCNC(=O)c1cc(-c2ccc(Cl)cc2)on1. The minimum absolute atomic E-state index is 0.217. The van der Waals surface area contributed by atoms with Crippen molar-refractivity contribution < 1.29 is 9.32 Å². The maximum absolute atomic E-state index is 11.8. The van der Waals surface area contributed by atoms with Gasteiger partial charge in [-0.3, -0.25) is 4.79 Å². The van der Waals surface area contributed by atoms with E-state index < -0.39 is 0 Å². The molecule has 0 radical (unpaired) electrons. The van der Waals surface area contributed by atoms with Gasteiger partial charge in [0.25, 0.3) is 5.91 Å².